The highest BCUT2D eigenvalue weighted by atomic mass is 32.1. The Labute approximate surface area is 324 Å². The topological polar surface area (TPSA) is 306 Å². The summed E-state index contributed by atoms with van der Waals surface area (Å²) in [7, 11) is 0. The third-order valence-corrected chi connectivity index (χ3v) is 8.93. The molecule has 1 aliphatic rings. The number of halogens is 2. The van der Waals surface area contributed by atoms with Crippen molar-refractivity contribution in [2.75, 3.05) is 30.7 Å². The lowest BCUT2D eigenvalue weighted by atomic mass is 10.1. The molecule has 1 unspecified atom stereocenters. The van der Waals surface area contributed by atoms with E-state index in [0.717, 1.165) is 4.90 Å². The molecule has 1 saturated heterocycles. The molecule has 2 aromatic rings. The van der Waals surface area contributed by atoms with Crippen LogP contribution in [0.25, 0.3) is 10.9 Å². The number of carbonyl (C=O) groups is 7. The van der Waals surface area contributed by atoms with Crippen LogP contribution in [-0.4, -0.2) is 128 Å². The van der Waals surface area contributed by atoms with E-state index in [0.29, 0.717) is 18.2 Å². The number of rotatable bonds is 21. The minimum absolute atomic E-state index is 0.0810. The second-order valence-electron chi connectivity index (χ2n) is 12.9. The zero-order chi connectivity index (χ0) is 41.6. The highest BCUT2D eigenvalue weighted by Crippen LogP contribution is 2.31. The average Bonchev–Trinajstić information content (AvgIpc) is 3.48. The van der Waals surface area contributed by atoms with E-state index >= 15 is 0 Å². The van der Waals surface area contributed by atoms with Crippen molar-refractivity contribution in [3.05, 3.63) is 36.0 Å². The average molecular weight is 808 g/mol. The molecule has 1 aromatic heterocycles. The van der Waals surface area contributed by atoms with Crippen molar-refractivity contribution in [2.24, 2.45) is 5.73 Å². The molecule has 2 heterocycles. The second-order valence-corrected chi connectivity index (χ2v) is 13.2. The number of carboxylic acid groups (broad SMARTS) is 2. The van der Waals surface area contributed by atoms with Gasteiger partial charge >= 0.3 is 11.9 Å². The van der Waals surface area contributed by atoms with Gasteiger partial charge in [-0.15, -0.1) is 0 Å². The maximum atomic E-state index is 13.7. The quantitative estimate of drug-likeness (QED) is 0.0424. The summed E-state index contributed by atoms with van der Waals surface area (Å²) < 4.78 is 27.5. The fourth-order valence-corrected chi connectivity index (χ4v) is 5.90. The summed E-state index contributed by atoms with van der Waals surface area (Å²) in [6.45, 7) is -1.37. The number of nitriles is 1. The summed E-state index contributed by atoms with van der Waals surface area (Å²) in [5, 5.41) is 50.3. The summed E-state index contributed by atoms with van der Waals surface area (Å²) in [6.07, 6.45) is -1.44. The van der Waals surface area contributed by atoms with Crippen molar-refractivity contribution in [3.8, 4) is 6.07 Å². The molecule has 0 spiro atoms. The number of carbonyl (C=O) groups excluding carboxylic acids is 5. The number of hydrogen-bond acceptors (Lipinski definition) is 13. The predicted octanol–water partition coefficient (Wildman–Crippen LogP) is -0.693. The number of carboxylic acids is 2. The molecule has 3 rings (SSSR count). The van der Waals surface area contributed by atoms with Gasteiger partial charge in [-0.05, 0) is 31.4 Å². The van der Waals surface area contributed by atoms with Gasteiger partial charge < -0.3 is 47.2 Å². The van der Waals surface area contributed by atoms with Crippen molar-refractivity contribution < 1.29 is 57.7 Å². The van der Waals surface area contributed by atoms with Crippen molar-refractivity contribution in [2.45, 2.75) is 81.3 Å². The Morgan fingerprint density at radius 2 is 1.79 bits per heavy atom. The van der Waals surface area contributed by atoms with Crippen LogP contribution in [0.5, 0.6) is 0 Å². The van der Waals surface area contributed by atoms with Gasteiger partial charge in [-0.3, -0.25) is 43.9 Å². The number of nitrogens with zero attached hydrogens (tertiary/aromatic N) is 3. The van der Waals surface area contributed by atoms with Gasteiger partial charge in [-0.1, -0.05) is 12.1 Å². The SMILES string of the molecule is N#C[C@@H]1CC(F)(F)CN1C(=O)CNC(=O)c1ccnc2c(NC(=O)CCC(=O)NCCCC[C@H](N)C(=O)N[C@@H](CC(=O)O)C(O)N[C@@H](CS)C(=O)O)cccc12. The molecule has 0 aliphatic carbocycles. The molecule has 1 fully saturated rings. The van der Waals surface area contributed by atoms with Crippen LogP contribution in [0, 0.1) is 11.3 Å². The van der Waals surface area contributed by atoms with Crippen LogP contribution in [0.3, 0.4) is 0 Å². The van der Waals surface area contributed by atoms with Crippen molar-refractivity contribution >= 4 is 70.7 Å². The van der Waals surface area contributed by atoms with Gasteiger partial charge in [-0.2, -0.15) is 17.9 Å². The number of anilines is 1. The monoisotopic (exact) mass is 807 g/mol. The molecule has 10 N–H and O–H groups in total. The van der Waals surface area contributed by atoms with Crippen LogP contribution in [-0.2, 0) is 28.8 Å². The Morgan fingerprint density at radius 3 is 2.45 bits per heavy atom. The highest BCUT2D eigenvalue weighted by molar-refractivity contribution is 7.80. The number of unbranched alkanes of at least 4 members (excludes halogenated alkanes) is 1. The molecule has 5 amide bonds. The summed E-state index contributed by atoms with van der Waals surface area (Å²) in [5.41, 5.74) is 6.45. The number of thiol groups is 1. The van der Waals surface area contributed by atoms with E-state index in [1.165, 1.54) is 18.3 Å². The first-order valence-corrected chi connectivity index (χ1v) is 17.9. The van der Waals surface area contributed by atoms with Crippen LogP contribution in [0.4, 0.5) is 14.5 Å². The molecule has 5 atom stereocenters. The third kappa shape index (κ3) is 13.4. The molecule has 19 nitrogen and oxygen atoms in total. The number of benzene rings is 1. The van der Waals surface area contributed by atoms with Gasteiger partial charge in [0.2, 0.25) is 23.6 Å². The molecule has 0 bridgehead atoms. The van der Waals surface area contributed by atoms with Gasteiger partial charge in [0.1, 0.15) is 18.3 Å². The number of nitrogens with two attached hydrogens (primary N) is 1. The lowest BCUT2D eigenvalue weighted by molar-refractivity contribution is -0.140. The van der Waals surface area contributed by atoms with E-state index in [-0.39, 0.29) is 48.3 Å². The number of fused-ring (bicyclic) bond motifs is 1. The Morgan fingerprint density at radius 1 is 1.07 bits per heavy atom. The van der Waals surface area contributed by atoms with Crippen LogP contribution in [0.2, 0.25) is 0 Å². The number of aliphatic hydroxyl groups excluding tert-OH is 1. The van der Waals surface area contributed by atoms with Crippen LogP contribution in [0.15, 0.2) is 30.5 Å². The van der Waals surface area contributed by atoms with Gasteiger partial charge in [0, 0.05) is 43.1 Å². The molecule has 0 saturated carbocycles. The van der Waals surface area contributed by atoms with Crippen molar-refractivity contribution in [3.63, 3.8) is 0 Å². The Hall–Kier alpha value is -5.50. The normalized spacial score (nSPS) is 16.8. The van der Waals surface area contributed by atoms with E-state index in [1.54, 1.807) is 18.2 Å². The molecule has 22 heteroatoms. The number of aliphatic hydroxyl groups is 1. The van der Waals surface area contributed by atoms with E-state index in [9.17, 15) is 47.4 Å². The van der Waals surface area contributed by atoms with Crippen molar-refractivity contribution in [1.82, 2.24) is 31.2 Å². The maximum absolute atomic E-state index is 13.7. The Balaban J connectivity index is 1.42. The number of aromatic nitrogens is 1. The van der Waals surface area contributed by atoms with Gasteiger partial charge in [0.25, 0.3) is 11.8 Å². The zero-order valence-electron chi connectivity index (χ0n) is 29.9. The standard InChI is InChI=1S/C34H43F2N9O10S/c35-34(36)13-18(14-37)45(17-34)27(48)15-41-30(51)20-9-11-40-29-19(20)4-3-6-22(29)42-26(47)8-7-25(46)39-10-2-1-5-21(38)31(52)43-23(12-28(49)50)32(53)44-24(16-56)33(54)55/h3-4,6,9,11,18,21,23-24,32,44,53,56H,1-2,5,7-8,10,12-13,15-17,38H2,(H,39,46)(H,41,51)(H,42,47)(H,43,52)(H,49,50)(H,54,55)/t18-,21-,23-,24-,32?/m0/s1. The number of aliphatic carboxylic acids is 2. The van der Waals surface area contributed by atoms with E-state index in [1.807, 2.05) is 0 Å². The smallest absolute Gasteiger partial charge is 0.321 e. The Kier molecular flexibility index (Phi) is 16.8. The predicted molar refractivity (Wildman–Crippen MR) is 196 cm³/mol. The van der Waals surface area contributed by atoms with Crippen molar-refractivity contribution in [1.29, 1.82) is 5.26 Å². The molecule has 1 aliphatic heterocycles. The second kappa shape index (κ2) is 21.0. The number of nitrogens with one attached hydrogen (secondary N) is 5. The summed E-state index contributed by atoms with van der Waals surface area (Å²) in [5.74, 6) is -9.43. The minimum atomic E-state index is -3.21. The first-order valence-electron chi connectivity index (χ1n) is 17.3. The van der Waals surface area contributed by atoms with E-state index < -0.39 is 104 Å². The first kappa shape index (κ1) is 44.9. The third-order valence-electron chi connectivity index (χ3n) is 8.57. The molecular weight excluding hydrogens is 764 g/mol. The van der Waals surface area contributed by atoms with Gasteiger partial charge in [0.05, 0.1) is 54.4 Å². The van der Waals surface area contributed by atoms with E-state index in [4.69, 9.17) is 21.2 Å². The Bertz CT molecular complexity index is 1830. The fraction of sp³-hybridized carbons (Fsp3) is 0.500. The summed E-state index contributed by atoms with van der Waals surface area (Å²) in [6, 6.07) is 2.55. The van der Waals surface area contributed by atoms with Crippen LogP contribution < -0.4 is 32.3 Å². The molecule has 304 valence electrons. The number of para-hydroxylation sites is 1. The van der Waals surface area contributed by atoms with Crippen LogP contribution in [0.1, 0.15) is 55.3 Å². The number of hydrogen-bond donors (Lipinski definition) is 10. The number of alkyl halides is 2. The zero-order valence-corrected chi connectivity index (χ0v) is 30.8. The lowest BCUT2D eigenvalue weighted by Gasteiger charge is -2.27. The number of pyridine rings is 1. The summed E-state index contributed by atoms with van der Waals surface area (Å²) >= 11 is 3.86. The minimum Gasteiger partial charge on any atom is -0.481 e. The highest BCUT2D eigenvalue weighted by Gasteiger charge is 2.47. The number of likely N-dealkylation sites (tertiary alicyclic amines) is 1. The summed E-state index contributed by atoms with van der Waals surface area (Å²) in [4.78, 5) is 90.6. The largest absolute Gasteiger partial charge is 0.481 e. The van der Waals surface area contributed by atoms with Gasteiger partial charge in [0.15, 0.2) is 0 Å². The molecule has 56 heavy (non-hydrogen) atoms. The van der Waals surface area contributed by atoms with E-state index in [2.05, 4.69) is 44.2 Å². The lowest BCUT2D eigenvalue weighted by Crippen LogP contribution is -2.57. The fourth-order valence-electron chi connectivity index (χ4n) is 5.64. The van der Waals surface area contributed by atoms with Crippen LogP contribution >= 0.6 is 12.6 Å². The first-order chi connectivity index (χ1) is 26.5. The molecular formula is C34H43F2N9O10S. The molecule has 0 radical (unpaired) electrons. The van der Waals surface area contributed by atoms with Gasteiger partial charge in [-0.25, -0.2) is 8.78 Å². The maximum Gasteiger partial charge on any atom is 0.321 e. The number of amides is 5. The molecule has 1 aromatic carbocycles.